The van der Waals surface area contributed by atoms with E-state index in [-0.39, 0.29) is 5.91 Å². The van der Waals surface area contributed by atoms with E-state index in [0.717, 1.165) is 45.8 Å². The summed E-state index contributed by atoms with van der Waals surface area (Å²) >= 11 is 5.91. The highest BCUT2D eigenvalue weighted by Gasteiger charge is 2.31. The summed E-state index contributed by atoms with van der Waals surface area (Å²) in [5.41, 5.74) is 1.39. The van der Waals surface area contributed by atoms with Crippen molar-refractivity contribution >= 4 is 17.5 Å². The van der Waals surface area contributed by atoms with Crippen molar-refractivity contribution in [3.05, 3.63) is 35.9 Å². The summed E-state index contributed by atoms with van der Waals surface area (Å²) in [5.74, 6) is 0.0726. The van der Waals surface area contributed by atoms with E-state index in [0.29, 0.717) is 6.04 Å². The van der Waals surface area contributed by atoms with Crippen molar-refractivity contribution < 1.29 is 4.79 Å². The largest absolute Gasteiger partial charge is 0.339 e. The molecule has 2 aliphatic heterocycles. The average molecular weight is 336 g/mol. The summed E-state index contributed by atoms with van der Waals surface area (Å²) in [4.78, 5) is 18.9. The molecule has 0 aromatic heterocycles. The molecule has 4 nitrogen and oxygen atoms in total. The number of carbonyl (C=O) groups is 1. The zero-order chi connectivity index (χ0) is 16.2. The third-order valence-corrected chi connectivity index (χ3v) is 5.17. The van der Waals surface area contributed by atoms with Gasteiger partial charge in [-0.25, -0.2) is 0 Å². The minimum atomic E-state index is -0.408. The zero-order valence-corrected chi connectivity index (χ0v) is 14.6. The molecule has 2 unspecified atom stereocenters. The monoisotopic (exact) mass is 335 g/mol. The first kappa shape index (κ1) is 16.7. The van der Waals surface area contributed by atoms with Gasteiger partial charge in [-0.1, -0.05) is 30.3 Å². The highest BCUT2D eigenvalue weighted by molar-refractivity contribution is 6.30. The fourth-order valence-corrected chi connectivity index (χ4v) is 3.79. The molecule has 1 aromatic rings. The second kappa shape index (κ2) is 7.65. The Morgan fingerprint density at radius 2 is 1.87 bits per heavy atom. The molecule has 2 aliphatic rings. The van der Waals surface area contributed by atoms with Crippen LogP contribution in [0.5, 0.6) is 0 Å². The highest BCUT2D eigenvalue weighted by Crippen LogP contribution is 2.20. The summed E-state index contributed by atoms with van der Waals surface area (Å²) in [6, 6.07) is 11.3. The van der Waals surface area contributed by atoms with Crippen molar-refractivity contribution in [3.63, 3.8) is 0 Å². The Morgan fingerprint density at radius 1 is 1.17 bits per heavy atom. The second-order valence-corrected chi connectivity index (χ2v) is 7.30. The highest BCUT2D eigenvalue weighted by atomic mass is 35.5. The van der Waals surface area contributed by atoms with Crippen LogP contribution in [0.3, 0.4) is 0 Å². The van der Waals surface area contributed by atoms with Crippen molar-refractivity contribution in [3.8, 4) is 0 Å². The molecule has 0 saturated carbocycles. The predicted molar refractivity (Wildman–Crippen MR) is 93.6 cm³/mol. The normalized spacial score (nSPS) is 24.8. The van der Waals surface area contributed by atoms with Crippen LogP contribution >= 0.6 is 11.6 Å². The van der Waals surface area contributed by atoms with Crippen LogP contribution in [0.1, 0.15) is 18.9 Å². The minimum absolute atomic E-state index is 0.0726. The minimum Gasteiger partial charge on any atom is -0.339 e. The predicted octanol–water partition coefficient (Wildman–Crippen LogP) is 2.03. The maximum absolute atomic E-state index is 11.9. The first-order valence-electron chi connectivity index (χ1n) is 8.56. The van der Waals surface area contributed by atoms with Crippen molar-refractivity contribution in [2.45, 2.75) is 31.3 Å². The molecular formula is C18H26ClN3O. The van der Waals surface area contributed by atoms with Gasteiger partial charge >= 0.3 is 0 Å². The molecule has 3 rings (SSSR count). The smallest absolute Gasteiger partial charge is 0.240 e. The summed E-state index contributed by atoms with van der Waals surface area (Å²) in [7, 11) is 0. The molecule has 5 heteroatoms. The number of hydrogen-bond acceptors (Lipinski definition) is 3. The van der Waals surface area contributed by atoms with Crippen molar-refractivity contribution in [1.29, 1.82) is 0 Å². The lowest BCUT2D eigenvalue weighted by Crippen LogP contribution is -2.53. The SMILES string of the molecule is CC(Cl)C(=O)N1CCN(C2CCN(Cc3ccccc3)C2)CC1. The number of amides is 1. The third-order valence-electron chi connectivity index (χ3n) is 4.98. The Labute approximate surface area is 144 Å². The van der Waals surface area contributed by atoms with E-state index in [1.54, 1.807) is 6.92 Å². The van der Waals surface area contributed by atoms with Gasteiger partial charge in [0.25, 0.3) is 0 Å². The second-order valence-electron chi connectivity index (χ2n) is 6.64. The van der Waals surface area contributed by atoms with Crippen LogP contribution in [-0.4, -0.2) is 71.3 Å². The number of carbonyl (C=O) groups excluding carboxylic acids is 1. The lowest BCUT2D eigenvalue weighted by Gasteiger charge is -2.38. The Kier molecular flexibility index (Phi) is 5.57. The van der Waals surface area contributed by atoms with Crippen LogP contribution in [0, 0.1) is 0 Å². The number of alkyl halides is 1. The summed E-state index contributed by atoms with van der Waals surface area (Å²) in [6.45, 7) is 8.66. The topological polar surface area (TPSA) is 26.8 Å². The molecule has 2 heterocycles. The molecule has 2 saturated heterocycles. The molecule has 0 bridgehead atoms. The van der Waals surface area contributed by atoms with Crippen LogP contribution in [-0.2, 0) is 11.3 Å². The van der Waals surface area contributed by atoms with Gasteiger partial charge < -0.3 is 4.90 Å². The van der Waals surface area contributed by atoms with Crippen molar-refractivity contribution in [1.82, 2.24) is 14.7 Å². The van der Waals surface area contributed by atoms with Crippen LogP contribution in [0.15, 0.2) is 30.3 Å². The van der Waals surface area contributed by atoms with Gasteiger partial charge in [-0.2, -0.15) is 0 Å². The van der Waals surface area contributed by atoms with Crippen LogP contribution in [0.2, 0.25) is 0 Å². The number of nitrogens with zero attached hydrogens (tertiary/aromatic N) is 3. The first-order chi connectivity index (χ1) is 11.1. The van der Waals surface area contributed by atoms with Gasteiger partial charge in [0.2, 0.25) is 5.91 Å². The number of benzene rings is 1. The number of hydrogen-bond donors (Lipinski definition) is 0. The molecule has 0 aliphatic carbocycles. The fourth-order valence-electron chi connectivity index (χ4n) is 3.65. The van der Waals surface area contributed by atoms with Gasteiger partial charge in [-0.05, 0) is 18.9 Å². The van der Waals surface area contributed by atoms with Gasteiger partial charge in [0, 0.05) is 51.9 Å². The van der Waals surface area contributed by atoms with E-state index in [1.807, 2.05) is 4.90 Å². The maximum atomic E-state index is 11.9. The molecule has 1 amide bonds. The van der Waals surface area contributed by atoms with Crippen LogP contribution < -0.4 is 0 Å². The molecule has 23 heavy (non-hydrogen) atoms. The van der Waals surface area contributed by atoms with E-state index in [4.69, 9.17) is 11.6 Å². The summed E-state index contributed by atoms with van der Waals surface area (Å²) in [6.07, 6.45) is 1.23. The number of likely N-dealkylation sites (tertiary alicyclic amines) is 1. The standard InChI is InChI=1S/C18H26ClN3O/c1-15(19)18(23)22-11-9-21(10-12-22)17-7-8-20(14-17)13-16-5-3-2-4-6-16/h2-6,15,17H,7-14H2,1H3. The van der Waals surface area contributed by atoms with Gasteiger partial charge in [0.1, 0.15) is 5.38 Å². The number of piperazine rings is 1. The average Bonchev–Trinajstić information content (AvgIpc) is 3.03. The van der Waals surface area contributed by atoms with Crippen LogP contribution in [0.25, 0.3) is 0 Å². The van der Waals surface area contributed by atoms with Gasteiger partial charge in [0.05, 0.1) is 0 Å². The molecular weight excluding hydrogens is 310 g/mol. The van der Waals surface area contributed by atoms with E-state index in [9.17, 15) is 4.79 Å². The fraction of sp³-hybridized carbons (Fsp3) is 0.611. The maximum Gasteiger partial charge on any atom is 0.240 e. The zero-order valence-electron chi connectivity index (χ0n) is 13.8. The van der Waals surface area contributed by atoms with E-state index in [2.05, 4.69) is 40.1 Å². The molecule has 1 aromatic carbocycles. The van der Waals surface area contributed by atoms with E-state index < -0.39 is 5.38 Å². The summed E-state index contributed by atoms with van der Waals surface area (Å²) in [5, 5.41) is -0.408. The third kappa shape index (κ3) is 4.25. The summed E-state index contributed by atoms with van der Waals surface area (Å²) < 4.78 is 0. The van der Waals surface area contributed by atoms with E-state index >= 15 is 0 Å². The van der Waals surface area contributed by atoms with Gasteiger partial charge in [0.15, 0.2) is 0 Å². The molecule has 2 atom stereocenters. The molecule has 0 radical (unpaired) electrons. The molecule has 126 valence electrons. The quantitative estimate of drug-likeness (QED) is 0.788. The van der Waals surface area contributed by atoms with E-state index in [1.165, 1.54) is 12.0 Å². The first-order valence-corrected chi connectivity index (χ1v) is 9.00. The van der Waals surface area contributed by atoms with Gasteiger partial charge in [-0.15, -0.1) is 11.6 Å². The number of rotatable bonds is 4. The number of halogens is 1. The van der Waals surface area contributed by atoms with Crippen LogP contribution in [0.4, 0.5) is 0 Å². The van der Waals surface area contributed by atoms with Crippen molar-refractivity contribution in [2.75, 3.05) is 39.3 Å². The van der Waals surface area contributed by atoms with Gasteiger partial charge in [-0.3, -0.25) is 14.6 Å². The molecule has 0 spiro atoms. The lowest BCUT2D eigenvalue weighted by atomic mass is 10.2. The van der Waals surface area contributed by atoms with Crippen molar-refractivity contribution in [2.24, 2.45) is 0 Å². The Morgan fingerprint density at radius 3 is 2.52 bits per heavy atom. The molecule has 0 N–H and O–H groups in total. The Balaban J connectivity index is 1.46. The lowest BCUT2D eigenvalue weighted by molar-refractivity contribution is -0.132. The Bertz CT molecular complexity index is 514. The Hall–Kier alpha value is -1.10. The molecule has 2 fully saturated rings.